The zero-order valence-electron chi connectivity index (χ0n) is 19.8. The minimum atomic E-state index is -3.16. The lowest BCUT2D eigenvalue weighted by molar-refractivity contribution is 0.0407. The molecular formula is C28H30F2N2O. The molecule has 1 spiro atoms. The molecule has 0 unspecified atom stereocenters. The first-order valence-electron chi connectivity index (χ1n) is 11.7. The number of alkyl halides is 2. The molecule has 3 aliphatic rings. The topological polar surface area (TPSA) is 35.5 Å². The fourth-order valence-corrected chi connectivity index (χ4v) is 7.64. The second-order valence-corrected chi connectivity index (χ2v) is 11.9. The van der Waals surface area contributed by atoms with E-state index in [1.54, 1.807) is 6.07 Å². The molecule has 0 radical (unpaired) electrons. The van der Waals surface area contributed by atoms with E-state index in [1.807, 2.05) is 12.1 Å². The Morgan fingerprint density at radius 1 is 0.879 bits per heavy atom. The van der Waals surface area contributed by atoms with Gasteiger partial charge in [0.1, 0.15) is 5.75 Å². The lowest BCUT2D eigenvalue weighted by atomic mass is 9.52. The number of anilines is 2. The maximum absolute atomic E-state index is 14.4. The number of hydrogen-bond acceptors (Lipinski definition) is 3. The van der Waals surface area contributed by atoms with Crippen molar-refractivity contribution in [1.82, 2.24) is 0 Å². The van der Waals surface area contributed by atoms with Crippen molar-refractivity contribution in [3.8, 4) is 16.9 Å². The SMILES string of the molecule is CN1c2cc3c4c(cc(O)c3cc2NC1(F)F)C1(CC(C)(C)CC(C)(C)C1)c1ccccc1-4. The van der Waals surface area contributed by atoms with Crippen molar-refractivity contribution in [2.24, 2.45) is 10.8 Å². The number of rotatable bonds is 0. The molecule has 0 amide bonds. The van der Waals surface area contributed by atoms with E-state index in [4.69, 9.17) is 0 Å². The van der Waals surface area contributed by atoms with Gasteiger partial charge in [0.25, 0.3) is 0 Å². The molecule has 1 saturated carbocycles. The average molecular weight is 449 g/mol. The Balaban J connectivity index is 1.70. The molecule has 3 nitrogen and oxygen atoms in total. The van der Waals surface area contributed by atoms with Crippen LogP contribution in [0, 0.1) is 10.8 Å². The number of fused-ring (bicyclic) bond motifs is 8. The van der Waals surface area contributed by atoms with Crippen LogP contribution in [0.3, 0.4) is 0 Å². The van der Waals surface area contributed by atoms with Crippen LogP contribution >= 0.6 is 0 Å². The molecule has 0 aromatic heterocycles. The van der Waals surface area contributed by atoms with Gasteiger partial charge in [-0.05, 0) is 75.9 Å². The zero-order chi connectivity index (χ0) is 23.6. The maximum atomic E-state index is 14.4. The molecule has 33 heavy (non-hydrogen) atoms. The van der Waals surface area contributed by atoms with Gasteiger partial charge in [-0.25, -0.2) is 0 Å². The van der Waals surface area contributed by atoms with Gasteiger partial charge in [0.2, 0.25) is 0 Å². The maximum Gasteiger partial charge on any atom is 0.411 e. The van der Waals surface area contributed by atoms with Gasteiger partial charge in [-0.3, -0.25) is 4.90 Å². The zero-order valence-corrected chi connectivity index (χ0v) is 19.8. The summed E-state index contributed by atoms with van der Waals surface area (Å²) in [5, 5.41) is 14.9. The molecule has 2 aliphatic carbocycles. The number of nitrogens with one attached hydrogen (secondary N) is 1. The first kappa shape index (κ1) is 20.8. The quantitative estimate of drug-likeness (QED) is 0.350. The van der Waals surface area contributed by atoms with Gasteiger partial charge in [0.15, 0.2) is 0 Å². The van der Waals surface area contributed by atoms with Crippen LogP contribution in [-0.4, -0.2) is 18.3 Å². The van der Waals surface area contributed by atoms with Crippen molar-refractivity contribution in [2.45, 2.75) is 58.5 Å². The fourth-order valence-electron chi connectivity index (χ4n) is 7.64. The van der Waals surface area contributed by atoms with Crippen LogP contribution in [0.1, 0.15) is 58.1 Å². The van der Waals surface area contributed by atoms with Crippen molar-refractivity contribution in [1.29, 1.82) is 0 Å². The summed E-state index contributed by atoms with van der Waals surface area (Å²) in [6, 6.07) is 13.9. The summed E-state index contributed by atoms with van der Waals surface area (Å²) in [6.45, 7) is 9.36. The summed E-state index contributed by atoms with van der Waals surface area (Å²) in [5.74, 6) is 0.152. The summed E-state index contributed by atoms with van der Waals surface area (Å²) in [7, 11) is 1.40. The molecular weight excluding hydrogens is 418 g/mol. The van der Waals surface area contributed by atoms with Crippen LogP contribution in [0.4, 0.5) is 20.2 Å². The summed E-state index contributed by atoms with van der Waals surface area (Å²) in [6.07, 6.45) is -0.0430. The number of hydrogen-bond donors (Lipinski definition) is 2. The lowest BCUT2D eigenvalue weighted by Gasteiger charge is -2.51. The molecule has 3 aromatic carbocycles. The Morgan fingerprint density at radius 2 is 1.55 bits per heavy atom. The minimum absolute atomic E-state index is 0.130. The van der Waals surface area contributed by atoms with Crippen LogP contribution in [0.5, 0.6) is 5.75 Å². The number of phenolic OH excluding ortho intramolecular Hbond substituents is 1. The van der Waals surface area contributed by atoms with E-state index < -0.39 is 6.17 Å². The predicted molar refractivity (Wildman–Crippen MR) is 130 cm³/mol. The number of aromatic hydroxyl groups is 1. The molecule has 1 fully saturated rings. The van der Waals surface area contributed by atoms with E-state index >= 15 is 0 Å². The summed E-state index contributed by atoms with van der Waals surface area (Å²) in [4.78, 5) is 0.974. The molecule has 0 saturated heterocycles. The molecule has 0 bridgehead atoms. The Labute approximate surface area is 193 Å². The van der Waals surface area contributed by atoms with Gasteiger partial charge >= 0.3 is 6.17 Å². The summed E-state index contributed by atoms with van der Waals surface area (Å²) in [5.41, 5.74) is 5.51. The second kappa shape index (κ2) is 5.99. The lowest BCUT2D eigenvalue weighted by Crippen LogP contribution is -2.43. The van der Waals surface area contributed by atoms with Gasteiger partial charge < -0.3 is 10.4 Å². The smallest absolute Gasteiger partial charge is 0.411 e. The van der Waals surface area contributed by atoms with Crippen LogP contribution in [0.25, 0.3) is 21.9 Å². The van der Waals surface area contributed by atoms with Crippen LogP contribution in [-0.2, 0) is 5.41 Å². The molecule has 5 heteroatoms. The van der Waals surface area contributed by atoms with E-state index in [1.165, 1.54) is 12.6 Å². The van der Waals surface area contributed by atoms with E-state index in [9.17, 15) is 13.9 Å². The van der Waals surface area contributed by atoms with Gasteiger partial charge in [-0.2, -0.15) is 8.78 Å². The van der Waals surface area contributed by atoms with Crippen LogP contribution < -0.4 is 10.2 Å². The number of benzene rings is 3. The Kier molecular flexibility index (Phi) is 3.77. The minimum Gasteiger partial charge on any atom is -0.507 e. The van der Waals surface area contributed by atoms with E-state index in [2.05, 4.69) is 57.3 Å². The first-order chi connectivity index (χ1) is 15.3. The Hall–Kier alpha value is -2.82. The summed E-state index contributed by atoms with van der Waals surface area (Å²) < 4.78 is 28.8. The summed E-state index contributed by atoms with van der Waals surface area (Å²) >= 11 is 0. The van der Waals surface area contributed by atoms with Crippen LogP contribution in [0.15, 0.2) is 42.5 Å². The second-order valence-electron chi connectivity index (χ2n) is 11.9. The Bertz CT molecular complexity index is 1330. The molecule has 1 heterocycles. The van der Waals surface area contributed by atoms with Crippen molar-refractivity contribution >= 4 is 22.1 Å². The normalized spacial score (nSPS) is 22.7. The van der Waals surface area contributed by atoms with E-state index in [-0.39, 0.29) is 22.0 Å². The van der Waals surface area contributed by atoms with E-state index in [0.717, 1.165) is 46.2 Å². The van der Waals surface area contributed by atoms with Crippen molar-refractivity contribution in [2.75, 3.05) is 17.3 Å². The number of nitrogens with zero attached hydrogens (tertiary/aromatic N) is 1. The van der Waals surface area contributed by atoms with Crippen molar-refractivity contribution in [3.63, 3.8) is 0 Å². The van der Waals surface area contributed by atoms with Gasteiger partial charge in [-0.1, -0.05) is 52.0 Å². The molecule has 2 N–H and O–H groups in total. The molecule has 3 aromatic rings. The fraction of sp³-hybridized carbons (Fsp3) is 0.429. The highest BCUT2D eigenvalue weighted by molar-refractivity contribution is 6.09. The third-order valence-corrected chi connectivity index (χ3v) is 8.04. The van der Waals surface area contributed by atoms with Crippen molar-refractivity contribution in [3.05, 3.63) is 53.6 Å². The highest BCUT2D eigenvalue weighted by Gasteiger charge is 2.54. The largest absolute Gasteiger partial charge is 0.507 e. The van der Waals surface area contributed by atoms with Crippen LogP contribution in [0.2, 0.25) is 0 Å². The average Bonchev–Trinajstić information content (AvgIpc) is 3.07. The third kappa shape index (κ3) is 2.71. The first-order valence-corrected chi connectivity index (χ1v) is 11.7. The Morgan fingerprint density at radius 3 is 2.24 bits per heavy atom. The van der Waals surface area contributed by atoms with Gasteiger partial charge in [0.05, 0.1) is 11.4 Å². The standard InChI is InChI=1S/C28H30F2N2O/c1-25(2)13-26(3,4)15-27(14-25)19-9-7-6-8-16(19)24-18-11-22-21(31-28(29,30)32(22)5)10-17(18)23(33)12-20(24)27/h6-12,31,33H,13-15H2,1-5H3. The molecule has 0 atom stereocenters. The third-order valence-electron chi connectivity index (χ3n) is 8.04. The highest BCUT2D eigenvalue weighted by atomic mass is 19.3. The highest BCUT2D eigenvalue weighted by Crippen LogP contribution is 2.65. The molecule has 172 valence electrons. The number of phenols is 1. The van der Waals surface area contributed by atoms with Gasteiger partial charge in [-0.15, -0.1) is 0 Å². The van der Waals surface area contributed by atoms with E-state index in [0.29, 0.717) is 16.8 Å². The number of halogens is 2. The van der Waals surface area contributed by atoms with Gasteiger partial charge in [0, 0.05) is 17.8 Å². The monoisotopic (exact) mass is 448 g/mol. The molecule has 1 aliphatic heterocycles. The molecule has 6 rings (SSSR count). The predicted octanol–water partition coefficient (Wildman–Crippen LogP) is 7.46. The van der Waals surface area contributed by atoms with Crippen molar-refractivity contribution < 1.29 is 13.9 Å².